The van der Waals surface area contributed by atoms with Crippen LogP contribution in [0.4, 0.5) is 17.1 Å². The summed E-state index contributed by atoms with van der Waals surface area (Å²) in [6.45, 7) is -0.177. The van der Waals surface area contributed by atoms with Gasteiger partial charge in [-0.3, -0.25) is 15.0 Å². The van der Waals surface area contributed by atoms with Crippen molar-refractivity contribution in [3.63, 3.8) is 0 Å². The van der Waals surface area contributed by atoms with Crippen LogP contribution in [-0.2, 0) is 0 Å². The second-order valence-corrected chi connectivity index (χ2v) is 12.0. The van der Waals surface area contributed by atoms with Crippen LogP contribution in [0.3, 0.4) is 0 Å². The lowest BCUT2D eigenvalue weighted by atomic mass is 9.33. The van der Waals surface area contributed by atoms with Gasteiger partial charge in [-0.25, -0.2) is 0 Å². The fourth-order valence-electron chi connectivity index (χ4n) is 8.27. The Hall–Kier alpha value is -5.81. The zero-order valence-electron chi connectivity index (χ0n) is 23.5. The second-order valence-electron chi connectivity index (χ2n) is 12.0. The molecule has 6 aromatic carbocycles. The summed E-state index contributed by atoms with van der Waals surface area (Å²) >= 11 is 0. The molecular weight excluding hydrogens is 535 g/mol. The first-order chi connectivity index (χ1) is 21.8. The van der Waals surface area contributed by atoms with Gasteiger partial charge in [-0.05, 0) is 87.1 Å². The Kier molecular flexibility index (Phi) is 4.12. The van der Waals surface area contributed by atoms with E-state index in [1.807, 2.05) is 36.8 Å². The van der Waals surface area contributed by atoms with Crippen LogP contribution in [0.15, 0.2) is 128 Å². The first-order valence-electron chi connectivity index (χ1n) is 15.1. The summed E-state index contributed by atoms with van der Waals surface area (Å²) in [6, 6.07) is 39.8. The van der Waals surface area contributed by atoms with Crippen molar-refractivity contribution in [1.29, 1.82) is 0 Å². The van der Waals surface area contributed by atoms with E-state index in [2.05, 4.69) is 95.9 Å². The van der Waals surface area contributed by atoms with Crippen LogP contribution >= 0.6 is 0 Å². The summed E-state index contributed by atoms with van der Waals surface area (Å²) in [5.41, 5.74) is 10.3. The van der Waals surface area contributed by atoms with Crippen molar-refractivity contribution in [3.05, 3.63) is 128 Å². The van der Waals surface area contributed by atoms with E-state index in [1.165, 1.54) is 65.8 Å². The van der Waals surface area contributed by atoms with Gasteiger partial charge in [0.15, 0.2) is 0 Å². The number of aromatic nitrogens is 3. The fraction of sp³-hybridized carbons (Fsp3) is 0. The van der Waals surface area contributed by atoms with Crippen molar-refractivity contribution in [3.8, 4) is 0 Å². The summed E-state index contributed by atoms with van der Waals surface area (Å²) in [6.07, 6.45) is 5.80. The maximum Gasteiger partial charge on any atom is 0.252 e. The zero-order valence-corrected chi connectivity index (χ0v) is 23.5. The SMILES string of the molecule is c1cnc2c3c4c(cccc4cc2c1)N1c2cccc4cc5cccnc5c(c24)B3c2c3ncccc3cc3cccc1c23. The molecule has 0 spiro atoms. The average Bonchev–Trinajstić information content (AvgIpc) is 3.06. The van der Waals surface area contributed by atoms with Gasteiger partial charge in [-0.2, -0.15) is 0 Å². The molecule has 0 aliphatic carbocycles. The lowest BCUT2D eigenvalue weighted by Crippen LogP contribution is -2.56. The predicted molar refractivity (Wildman–Crippen MR) is 184 cm³/mol. The molecule has 0 saturated carbocycles. The minimum atomic E-state index is -0.177. The Morgan fingerprint density at radius 3 is 1.09 bits per heavy atom. The largest absolute Gasteiger partial charge is 0.309 e. The highest BCUT2D eigenvalue weighted by Gasteiger charge is 2.40. The Balaban J connectivity index is 1.54. The Morgan fingerprint density at radius 2 is 0.727 bits per heavy atom. The number of fused-ring (bicyclic) bond motifs is 3. The van der Waals surface area contributed by atoms with E-state index in [1.54, 1.807) is 0 Å². The molecule has 9 aromatic rings. The molecule has 0 atom stereocenters. The first kappa shape index (κ1) is 22.7. The maximum atomic E-state index is 5.14. The molecule has 0 saturated heterocycles. The molecule has 5 heteroatoms. The van der Waals surface area contributed by atoms with Gasteiger partial charge in [-0.15, -0.1) is 0 Å². The molecule has 0 unspecified atom stereocenters. The van der Waals surface area contributed by atoms with Crippen molar-refractivity contribution in [2.45, 2.75) is 0 Å². The Bertz CT molecular complexity index is 2450. The molecule has 2 bridgehead atoms. The summed E-state index contributed by atoms with van der Waals surface area (Å²) in [4.78, 5) is 17.9. The van der Waals surface area contributed by atoms with E-state index >= 15 is 0 Å². The van der Waals surface area contributed by atoms with Crippen LogP contribution in [-0.4, -0.2) is 21.7 Å². The number of hydrogen-bond acceptors (Lipinski definition) is 4. The highest BCUT2D eigenvalue weighted by molar-refractivity contribution is 7.03. The van der Waals surface area contributed by atoms with Crippen LogP contribution in [0.5, 0.6) is 0 Å². The molecule has 12 rings (SSSR count). The molecular formula is C39H21BN4. The van der Waals surface area contributed by atoms with Crippen LogP contribution in [0.2, 0.25) is 0 Å². The van der Waals surface area contributed by atoms with E-state index < -0.39 is 0 Å². The molecule has 4 nitrogen and oxygen atoms in total. The van der Waals surface area contributed by atoms with Crippen molar-refractivity contribution in [1.82, 2.24) is 15.0 Å². The van der Waals surface area contributed by atoms with Gasteiger partial charge in [0.2, 0.25) is 0 Å². The van der Waals surface area contributed by atoms with Gasteiger partial charge in [0.05, 0.1) is 33.6 Å². The molecule has 44 heavy (non-hydrogen) atoms. The maximum absolute atomic E-state index is 5.14. The predicted octanol–water partition coefficient (Wildman–Crippen LogP) is 7.40. The minimum Gasteiger partial charge on any atom is -0.309 e. The molecule has 0 N–H and O–H groups in total. The number of nitrogens with zero attached hydrogens (tertiary/aromatic N) is 4. The lowest BCUT2D eigenvalue weighted by molar-refractivity contribution is 1.33. The van der Waals surface area contributed by atoms with Crippen LogP contribution < -0.4 is 21.3 Å². The highest BCUT2D eigenvalue weighted by atomic mass is 15.1. The van der Waals surface area contributed by atoms with E-state index in [0.29, 0.717) is 0 Å². The quantitative estimate of drug-likeness (QED) is 0.144. The smallest absolute Gasteiger partial charge is 0.252 e. The summed E-state index contributed by atoms with van der Waals surface area (Å²) < 4.78 is 0. The normalized spacial score (nSPS) is 13.4. The molecule has 0 radical (unpaired) electrons. The van der Waals surface area contributed by atoms with Crippen molar-refractivity contribution >= 4 is 105 Å². The van der Waals surface area contributed by atoms with Gasteiger partial charge in [0.25, 0.3) is 6.71 Å². The number of rotatable bonds is 0. The zero-order chi connectivity index (χ0) is 28.5. The molecule has 3 aliphatic rings. The molecule has 0 fully saturated rings. The number of benzene rings is 6. The highest BCUT2D eigenvalue weighted by Crippen LogP contribution is 2.47. The number of pyridine rings is 3. The van der Waals surface area contributed by atoms with E-state index in [-0.39, 0.29) is 6.71 Å². The Labute approximate surface area is 252 Å². The minimum absolute atomic E-state index is 0.177. The van der Waals surface area contributed by atoms with Crippen molar-refractivity contribution < 1.29 is 0 Å². The first-order valence-corrected chi connectivity index (χ1v) is 15.1. The average molecular weight is 556 g/mol. The van der Waals surface area contributed by atoms with Crippen LogP contribution in [0.1, 0.15) is 0 Å². The van der Waals surface area contributed by atoms with Crippen molar-refractivity contribution in [2.75, 3.05) is 4.90 Å². The molecule has 200 valence electrons. The summed E-state index contributed by atoms with van der Waals surface area (Å²) in [7, 11) is 0. The van der Waals surface area contributed by atoms with Gasteiger partial charge in [0, 0.05) is 50.9 Å². The summed E-state index contributed by atoms with van der Waals surface area (Å²) in [5.74, 6) is 0. The molecule has 6 heterocycles. The van der Waals surface area contributed by atoms with Crippen LogP contribution in [0.25, 0.3) is 65.0 Å². The second kappa shape index (κ2) is 7.97. The van der Waals surface area contributed by atoms with Crippen LogP contribution in [0, 0.1) is 0 Å². The third-order valence-electron chi connectivity index (χ3n) is 9.84. The summed E-state index contributed by atoms with van der Waals surface area (Å²) in [5, 5.41) is 10.7. The fourth-order valence-corrected chi connectivity index (χ4v) is 8.27. The van der Waals surface area contributed by atoms with Gasteiger partial charge in [0.1, 0.15) is 0 Å². The van der Waals surface area contributed by atoms with E-state index in [0.717, 1.165) is 32.7 Å². The lowest BCUT2D eigenvalue weighted by Gasteiger charge is -2.38. The Morgan fingerprint density at radius 1 is 0.386 bits per heavy atom. The van der Waals surface area contributed by atoms with Crippen molar-refractivity contribution in [2.24, 2.45) is 0 Å². The number of anilines is 3. The van der Waals surface area contributed by atoms with Gasteiger partial charge >= 0.3 is 0 Å². The third kappa shape index (κ3) is 2.69. The number of hydrogen-bond donors (Lipinski definition) is 0. The monoisotopic (exact) mass is 556 g/mol. The molecule has 3 aromatic heterocycles. The molecule has 3 aliphatic heterocycles. The standard InChI is InChI=1S/C39H21BN4/c1-7-22-19-25-10-4-16-41-37(25)34-31(22)28(13-1)44-29-14-2-8-23-20-26-11-5-17-42-38(26)35(32(23)29)40(34)36-33-24(9-3-15-30(33)44)21-27-12-6-18-43-39(27)36/h1-21H. The van der Waals surface area contributed by atoms with Gasteiger partial charge < -0.3 is 4.90 Å². The molecule has 0 amide bonds. The van der Waals surface area contributed by atoms with Gasteiger partial charge in [-0.1, -0.05) is 54.6 Å². The van der Waals surface area contributed by atoms with E-state index in [9.17, 15) is 0 Å². The third-order valence-corrected chi connectivity index (χ3v) is 9.84. The topological polar surface area (TPSA) is 41.9 Å². The van der Waals surface area contributed by atoms with E-state index in [4.69, 9.17) is 15.0 Å².